The van der Waals surface area contributed by atoms with Gasteiger partial charge in [-0.25, -0.2) is 0 Å². The molecule has 0 spiro atoms. The van der Waals surface area contributed by atoms with E-state index in [9.17, 15) is 14.4 Å². The van der Waals surface area contributed by atoms with Crippen LogP contribution in [0.4, 0.5) is 11.4 Å². The molecular weight excluding hydrogens is 552 g/mol. The Balaban J connectivity index is 1.59. The van der Waals surface area contributed by atoms with Crippen molar-refractivity contribution in [2.75, 3.05) is 19.1 Å². The number of allylic oxidation sites excluding steroid dienone is 2. The van der Waals surface area contributed by atoms with Crippen LogP contribution in [-0.4, -0.2) is 30.4 Å². The highest BCUT2D eigenvalue weighted by Crippen LogP contribution is 2.50. The Morgan fingerprint density at radius 2 is 1.18 bits per heavy atom. The van der Waals surface area contributed by atoms with Crippen molar-refractivity contribution in [2.45, 2.75) is 12.8 Å². The van der Waals surface area contributed by atoms with Crippen molar-refractivity contribution in [1.82, 2.24) is 4.57 Å². The van der Waals surface area contributed by atoms with Gasteiger partial charge in [0.25, 0.3) is 5.56 Å². The quantitative estimate of drug-likeness (QED) is 0.228. The first-order valence-corrected chi connectivity index (χ1v) is 14.3. The number of methoxy groups -OCH3 is 2. The van der Waals surface area contributed by atoms with E-state index in [1.54, 1.807) is 72.2 Å². The molecule has 0 amide bonds. The normalized spacial score (nSPS) is 15.4. The van der Waals surface area contributed by atoms with E-state index in [4.69, 9.17) is 9.47 Å². The molecule has 44 heavy (non-hydrogen) atoms. The molecule has 0 saturated carbocycles. The third-order valence-corrected chi connectivity index (χ3v) is 8.37. The van der Waals surface area contributed by atoms with Crippen LogP contribution in [-0.2, 0) is 0 Å². The largest absolute Gasteiger partial charge is 0.497 e. The van der Waals surface area contributed by atoms with E-state index in [1.165, 1.54) is 0 Å². The summed E-state index contributed by atoms with van der Waals surface area (Å²) in [6.07, 6.45) is 0. The van der Waals surface area contributed by atoms with E-state index < -0.39 is 5.92 Å². The van der Waals surface area contributed by atoms with E-state index in [1.807, 2.05) is 67.6 Å². The number of aromatic nitrogens is 1. The number of Topliss-reactive ketones (excluding diaryl/α,β-unsaturated/α-hetero) is 2. The molecule has 0 N–H and O–H groups in total. The minimum atomic E-state index is -0.780. The molecule has 7 rings (SSSR count). The third kappa shape index (κ3) is 4.08. The lowest BCUT2D eigenvalue weighted by atomic mass is 9.73. The second kappa shape index (κ2) is 10.5. The lowest BCUT2D eigenvalue weighted by molar-refractivity contribution is 0.0968. The molecule has 1 aromatic heterocycles. The van der Waals surface area contributed by atoms with Crippen LogP contribution in [0.25, 0.3) is 5.69 Å². The van der Waals surface area contributed by atoms with Gasteiger partial charge in [0.1, 0.15) is 17.2 Å². The SMILES string of the molecule is COc1ccc(N2C3=C(C(=O)c4ccccc4C3=O)C(c3ccccc3)c3c2cc(C)n(-c2ccc(OC)cc2)c3=O)cc1. The fraction of sp³-hybridized carbons (Fsp3) is 0.108. The molecule has 1 unspecified atom stereocenters. The van der Waals surface area contributed by atoms with Crippen LogP contribution in [0.5, 0.6) is 11.5 Å². The number of fused-ring (bicyclic) bond motifs is 2. The number of carbonyl (C=O) groups is 2. The molecule has 7 heteroatoms. The lowest BCUT2D eigenvalue weighted by Gasteiger charge is -2.40. The molecule has 2 heterocycles. The van der Waals surface area contributed by atoms with Crippen LogP contribution in [0.2, 0.25) is 0 Å². The van der Waals surface area contributed by atoms with Crippen LogP contribution in [0.15, 0.2) is 125 Å². The minimum absolute atomic E-state index is 0.251. The number of rotatable bonds is 5. The van der Waals surface area contributed by atoms with Crippen molar-refractivity contribution in [3.05, 3.63) is 159 Å². The number of benzene rings is 4. The lowest BCUT2D eigenvalue weighted by Crippen LogP contribution is -2.41. The standard InChI is InChI=1S/C37H28N2O5/c1-22-21-30-32(37(42)38(22)24-13-17-26(43-2)18-14-24)31(23-9-5-4-6-10-23)33-34(39(30)25-15-19-27(44-3)20-16-25)36(41)29-12-8-7-11-28(29)35(33)40/h4-21,31H,1-3H3. The summed E-state index contributed by atoms with van der Waals surface area (Å²) < 4.78 is 12.4. The number of aryl methyl sites for hydroxylation is 1. The van der Waals surface area contributed by atoms with Crippen LogP contribution >= 0.6 is 0 Å². The fourth-order valence-corrected chi connectivity index (χ4v) is 6.35. The Hall–Kier alpha value is -5.69. The van der Waals surface area contributed by atoms with Gasteiger partial charge >= 0.3 is 0 Å². The van der Waals surface area contributed by atoms with E-state index in [2.05, 4.69) is 0 Å². The van der Waals surface area contributed by atoms with Crippen molar-refractivity contribution in [3.8, 4) is 17.2 Å². The first-order valence-electron chi connectivity index (χ1n) is 14.3. The molecule has 0 bridgehead atoms. The molecule has 4 aromatic carbocycles. The molecule has 0 radical (unpaired) electrons. The zero-order chi connectivity index (χ0) is 30.5. The summed E-state index contributed by atoms with van der Waals surface area (Å²) in [6, 6.07) is 32.8. The predicted octanol–water partition coefficient (Wildman–Crippen LogP) is 6.78. The van der Waals surface area contributed by atoms with E-state index in [0.29, 0.717) is 50.9 Å². The van der Waals surface area contributed by atoms with Gasteiger partial charge in [-0.1, -0.05) is 54.6 Å². The molecular formula is C37H28N2O5. The second-order valence-corrected chi connectivity index (χ2v) is 10.8. The van der Waals surface area contributed by atoms with Crippen LogP contribution in [0, 0.1) is 6.92 Å². The Bertz CT molecular complexity index is 2040. The Morgan fingerprint density at radius 3 is 1.77 bits per heavy atom. The second-order valence-electron chi connectivity index (χ2n) is 10.8. The van der Waals surface area contributed by atoms with Crippen LogP contribution < -0.4 is 19.9 Å². The highest BCUT2D eigenvalue weighted by Gasteiger charge is 2.46. The smallest absolute Gasteiger partial charge is 0.261 e. The van der Waals surface area contributed by atoms with Crippen molar-refractivity contribution in [1.29, 1.82) is 0 Å². The van der Waals surface area contributed by atoms with Gasteiger partial charge in [-0.2, -0.15) is 0 Å². The molecule has 1 aliphatic carbocycles. The van der Waals surface area contributed by atoms with Crippen LogP contribution in [0.1, 0.15) is 43.5 Å². The first kappa shape index (κ1) is 27.2. The topological polar surface area (TPSA) is 77.8 Å². The van der Waals surface area contributed by atoms with Crippen molar-refractivity contribution >= 4 is 22.9 Å². The summed E-state index contributed by atoms with van der Waals surface area (Å²) >= 11 is 0. The number of anilines is 2. The van der Waals surface area contributed by atoms with Gasteiger partial charge in [-0.15, -0.1) is 0 Å². The number of ether oxygens (including phenoxy) is 2. The Kier molecular flexibility index (Phi) is 6.51. The number of hydrogen-bond donors (Lipinski definition) is 0. The number of hydrogen-bond acceptors (Lipinski definition) is 6. The van der Waals surface area contributed by atoms with Gasteiger partial charge in [-0.05, 0) is 67.1 Å². The van der Waals surface area contributed by atoms with Crippen molar-refractivity contribution in [3.63, 3.8) is 0 Å². The highest BCUT2D eigenvalue weighted by atomic mass is 16.5. The van der Waals surface area contributed by atoms with Gasteiger partial charge in [0.15, 0.2) is 5.78 Å². The number of nitrogens with zero attached hydrogens (tertiary/aromatic N) is 2. The van der Waals surface area contributed by atoms with Gasteiger partial charge in [-0.3, -0.25) is 19.0 Å². The third-order valence-electron chi connectivity index (χ3n) is 8.37. The molecule has 0 fully saturated rings. The van der Waals surface area contributed by atoms with Gasteiger partial charge in [0.2, 0.25) is 5.78 Å². The Morgan fingerprint density at radius 1 is 0.636 bits per heavy atom. The first-order chi connectivity index (χ1) is 21.4. The minimum Gasteiger partial charge on any atom is -0.497 e. The summed E-state index contributed by atoms with van der Waals surface area (Å²) in [7, 11) is 3.18. The zero-order valence-electron chi connectivity index (χ0n) is 24.4. The van der Waals surface area contributed by atoms with Gasteiger partial charge in [0.05, 0.1) is 25.5 Å². The zero-order valence-corrected chi connectivity index (χ0v) is 24.4. The monoisotopic (exact) mass is 580 g/mol. The van der Waals surface area contributed by atoms with Crippen LogP contribution in [0.3, 0.4) is 0 Å². The fourth-order valence-electron chi connectivity index (χ4n) is 6.35. The molecule has 216 valence electrons. The predicted molar refractivity (Wildman–Crippen MR) is 169 cm³/mol. The van der Waals surface area contributed by atoms with E-state index in [-0.39, 0.29) is 28.4 Å². The maximum Gasteiger partial charge on any atom is 0.261 e. The molecule has 2 aliphatic rings. The summed E-state index contributed by atoms with van der Waals surface area (Å²) in [5.41, 5.74) is 4.61. The van der Waals surface area contributed by atoms with Gasteiger partial charge < -0.3 is 14.4 Å². The number of pyridine rings is 1. The highest BCUT2D eigenvalue weighted by molar-refractivity contribution is 6.30. The van der Waals surface area contributed by atoms with Gasteiger partial charge in [0, 0.05) is 39.7 Å². The number of ketones is 2. The Labute approximate surface area is 254 Å². The van der Waals surface area contributed by atoms with E-state index >= 15 is 0 Å². The summed E-state index contributed by atoms with van der Waals surface area (Å²) in [6.45, 7) is 1.86. The molecule has 1 aliphatic heterocycles. The van der Waals surface area contributed by atoms with Crippen molar-refractivity contribution in [2.24, 2.45) is 0 Å². The molecule has 0 saturated heterocycles. The molecule has 5 aromatic rings. The van der Waals surface area contributed by atoms with E-state index in [0.717, 1.165) is 5.56 Å². The van der Waals surface area contributed by atoms with Crippen molar-refractivity contribution < 1.29 is 19.1 Å². The average molecular weight is 581 g/mol. The summed E-state index contributed by atoms with van der Waals surface area (Å²) in [5, 5.41) is 0. The molecule has 1 atom stereocenters. The summed E-state index contributed by atoms with van der Waals surface area (Å²) in [5.74, 6) is -0.00764. The average Bonchev–Trinajstić information content (AvgIpc) is 3.07. The number of carbonyl (C=O) groups excluding carboxylic acids is 2. The molecule has 7 nitrogen and oxygen atoms in total. The maximum atomic E-state index is 14.8. The summed E-state index contributed by atoms with van der Waals surface area (Å²) in [4.78, 5) is 45.5. The maximum absolute atomic E-state index is 14.8.